The number of carbonyl (C=O) groups excluding carboxylic acids is 1. The van der Waals surface area contributed by atoms with Gasteiger partial charge in [-0.25, -0.2) is 0 Å². The SMILES string of the molecule is CCCCSc1snc(C(=O)c2ccccc2)c1Cl. The second-order valence-electron chi connectivity index (χ2n) is 4.03. The lowest BCUT2D eigenvalue weighted by atomic mass is 10.1. The molecule has 0 saturated heterocycles. The summed E-state index contributed by atoms with van der Waals surface area (Å²) >= 11 is 9.24. The van der Waals surface area contributed by atoms with Crippen LogP contribution in [0.15, 0.2) is 34.5 Å². The Bertz CT molecular complexity index is 554. The molecule has 0 amide bonds. The first-order valence-corrected chi connectivity index (χ1v) is 8.25. The van der Waals surface area contributed by atoms with Gasteiger partial charge >= 0.3 is 0 Å². The van der Waals surface area contributed by atoms with Gasteiger partial charge in [0.05, 0.1) is 5.02 Å². The Morgan fingerprint density at radius 2 is 2.11 bits per heavy atom. The van der Waals surface area contributed by atoms with Crippen molar-refractivity contribution in [1.82, 2.24) is 4.37 Å². The summed E-state index contributed by atoms with van der Waals surface area (Å²) in [5, 5.41) is 0.500. The zero-order valence-electron chi connectivity index (χ0n) is 10.6. The van der Waals surface area contributed by atoms with E-state index in [9.17, 15) is 4.79 Å². The quantitative estimate of drug-likeness (QED) is 0.431. The van der Waals surface area contributed by atoms with E-state index in [1.54, 1.807) is 23.9 Å². The summed E-state index contributed by atoms with van der Waals surface area (Å²) in [6, 6.07) is 9.12. The Labute approximate surface area is 126 Å². The average molecular weight is 312 g/mol. The van der Waals surface area contributed by atoms with Crippen LogP contribution in [0.25, 0.3) is 0 Å². The fraction of sp³-hybridized carbons (Fsp3) is 0.286. The molecule has 0 aliphatic carbocycles. The smallest absolute Gasteiger partial charge is 0.214 e. The summed E-state index contributed by atoms with van der Waals surface area (Å²) in [5.41, 5.74) is 0.997. The zero-order valence-corrected chi connectivity index (χ0v) is 12.9. The van der Waals surface area contributed by atoms with Gasteiger partial charge < -0.3 is 0 Å². The third-order valence-electron chi connectivity index (χ3n) is 2.59. The molecule has 100 valence electrons. The largest absolute Gasteiger partial charge is 0.287 e. The summed E-state index contributed by atoms with van der Waals surface area (Å²) in [6.07, 6.45) is 2.29. The molecule has 0 unspecified atom stereocenters. The Balaban J connectivity index is 2.15. The summed E-state index contributed by atoms with van der Waals surface area (Å²) in [5.74, 6) is 0.904. The zero-order chi connectivity index (χ0) is 13.7. The predicted octanol–water partition coefficient (Wildman–Crippen LogP) is 4.92. The maximum Gasteiger partial charge on any atom is 0.214 e. The molecular weight excluding hydrogens is 298 g/mol. The minimum atomic E-state index is -0.107. The van der Waals surface area contributed by atoms with Gasteiger partial charge in [-0.3, -0.25) is 4.79 Å². The Kier molecular flexibility index (Phi) is 5.43. The number of rotatable bonds is 6. The minimum absolute atomic E-state index is 0.107. The third kappa shape index (κ3) is 3.59. The number of unbranched alkanes of at least 4 members (excludes halogenated alkanes) is 1. The highest BCUT2D eigenvalue weighted by Crippen LogP contribution is 2.35. The number of halogens is 1. The van der Waals surface area contributed by atoms with Crippen LogP contribution in [0.2, 0.25) is 5.02 Å². The molecule has 2 rings (SSSR count). The van der Waals surface area contributed by atoms with Gasteiger partial charge in [-0.05, 0) is 23.7 Å². The lowest BCUT2D eigenvalue weighted by molar-refractivity contribution is 0.103. The van der Waals surface area contributed by atoms with Gasteiger partial charge in [0.25, 0.3) is 0 Å². The summed E-state index contributed by atoms with van der Waals surface area (Å²) < 4.78 is 5.15. The van der Waals surface area contributed by atoms with Crippen molar-refractivity contribution >= 4 is 40.7 Å². The number of hydrogen-bond donors (Lipinski definition) is 0. The van der Waals surface area contributed by atoms with Gasteiger partial charge in [-0.1, -0.05) is 55.3 Å². The molecule has 19 heavy (non-hydrogen) atoms. The maximum absolute atomic E-state index is 12.3. The molecule has 0 N–H and O–H groups in total. The van der Waals surface area contributed by atoms with Crippen LogP contribution in [0.4, 0.5) is 0 Å². The molecule has 1 aromatic heterocycles. The number of aromatic nitrogens is 1. The molecule has 0 radical (unpaired) electrons. The molecular formula is C14H14ClNOS2. The minimum Gasteiger partial charge on any atom is -0.287 e. The first-order chi connectivity index (χ1) is 9.24. The van der Waals surface area contributed by atoms with Gasteiger partial charge in [0.2, 0.25) is 5.78 Å². The first kappa shape index (κ1) is 14.6. The van der Waals surface area contributed by atoms with Crippen molar-refractivity contribution < 1.29 is 4.79 Å². The lowest BCUT2D eigenvalue weighted by Crippen LogP contribution is -2.01. The Hall–Kier alpha value is -0.840. The van der Waals surface area contributed by atoms with E-state index in [4.69, 9.17) is 11.6 Å². The van der Waals surface area contributed by atoms with Gasteiger partial charge in [-0.15, -0.1) is 11.8 Å². The number of nitrogens with zero attached hydrogens (tertiary/aromatic N) is 1. The number of hydrogen-bond acceptors (Lipinski definition) is 4. The van der Waals surface area contributed by atoms with E-state index in [0.717, 1.165) is 22.8 Å². The molecule has 0 bridgehead atoms. The van der Waals surface area contributed by atoms with Crippen LogP contribution in [0.3, 0.4) is 0 Å². The van der Waals surface area contributed by atoms with E-state index in [1.165, 1.54) is 11.5 Å². The van der Waals surface area contributed by atoms with Crippen LogP contribution in [-0.4, -0.2) is 15.9 Å². The lowest BCUT2D eigenvalue weighted by Gasteiger charge is -1.99. The average Bonchev–Trinajstić information content (AvgIpc) is 2.81. The monoisotopic (exact) mass is 311 g/mol. The molecule has 5 heteroatoms. The molecule has 0 aliphatic heterocycles. The number of benzene rings is 1. The van der Waals surface area contributed by atoms with E-state index in [2.05, 4.69) is 11.3 Å². The van der Waals surface area contributed by atoms with Crippen molar-refractivity contribution in [1.29, 1.82) is 0 Å². The van der Waals surface area contributed by atoms with Crippen molar-refractivity contribution in [3.05, 3.63) is 46.6 Å². The topological polar surface area (TPSA) is 30.0 Å². The van der Waals surface area contributed by atoms with Gasteiger partial charge in [0, 0.05) is 5.56 Å². The molecule has 0 atom stereocenters. The number of carbonyl (C=O) groups is 1. The number of thioether (sulfide) groups is 1. The van der Waals surface area contributed by atoms with Crippen LogP contribution in [0, 0.1) is 0 Å². The van der Waals surface area contributed by atoms with Gasteiger partial charge in [0.1, 0.15) is 9.90 Å². The van der Waals surface area contributed by atoms with Crippen molar-refractivity contribution in [3.8, 4) is 0 Å². The van der Waals surface area contributed by atoms with E-state index in [-0.39, 0.29) is 5.78 Å². The normalized spacial score (nSPS) is 10.6. The van der Waals surface area contributed by atoms with Crippen molar-refractivity contribution in [3.63, 3.8) is 0 Å². The molecule has 1 aromatic carbocycles. The summed E-state index contributed by atoms with van der Waals surface area (Å²) in [4.78, 5) is 12.3. The second kappa shape index (κ2) is 7.08. The van der Waals surface area contributed by atoms with Crippen LogP contribution < -0.4 is 0 Å². The highest BCUT2D eigenvalue weighted by molar-refractivity contribution is 8.01. The highest BCUT2D eigenvalue weighted by Gasteiger charge is 2.19. The third-order valence-corrected chi connectivity index (χ3v) is 5.36. The Morgan fingerprint density at radius 1 is 1.37 bits per heavy atom. The van der Waals surface area contributed by atoms with Crippen LogP contribution in [0.1, 0.15) is 35.8 Å². The van der Waals surface area contributed by atoms with Gasteiger partial charge in [0.15, 0.2) is 0 Å². The molecule has 1 heterocycles. The van der Waals surface area contributed by atoms with Crippen LogP contribution in [0.5, 0.6) is 0 Å². The van der Waals surface area contributed by atoms with E-state index < -0.39 is 0 Å². The molecule has 0 fully saturated rings. The van der Waals surface area contributed by atoms with Crippen molar-refractivity contribution in [2.75, 3.05) is 5.75 Å². The Morgan fingerprint density at radius 3 is 2.79 bits per heavy atom. The fourth-order valence-electron chi connectivity index (χ4n) is 1.53. The number of ketones is 1. The van der Waals surface area contributed by atoms with E-state index in [1.807, 2.05) is 18.2 Å². The van der Waals surface area contributed by atoms with E-state index in [0.29, 0.717) is 16.3 Å². The predicted molar refractivity (Wildman–Crippen MR) is 82.6 cm³/mol. The highest BCUT2D eigenvalue weighted by atomic mass is 35.5. The van der Waals surface area contributed by atoms with Crippen LogP contribution >= 0.6 is 34.9 Å². The first-order valence-electron chi connectivity index (χ1n) is 6.11. The van der Waals surface area contributed by atoms with Gasteiger partial charge in [-0.2, -0.15) is 4.37 Å². The molecule has 2 nitrogen and oxygen atoms in total. The van der Waals surface area contributed by atoms with Crippen LogP contribution in [-0.2, 0) is 0 Å². The fourth-order valence-corrected chi connectivity index (χ4v) is 3.92. The summed E-state index contributed by atoms with van der Waals surface area (Å²) in [7, 11) is 0. The molecule has 2 aromatic rings. The summed E-state index contributed by atoms with van der Waals surface area (Å²) in [6.45, 7) is 2.15. The van der Waals surface area contributed by atoms with Crippen molar-refractivity contribution in [2.24, 2.45) is 0 Å². The molecule has 0 aliphatic rings. The van der Waals surface area contributed by atoms with Crippen molar-refractivity contribution in [2.45, 2.75) is 24.0 Å². The molecule has 0 saturated carbocycles. The van der Waals surface area contributed by atoms with E-state index >= 15 is 0 Å². The standard InChI is InChI=1S/C14H14ClNOS2/c1-2-3-9-18-14-11(15)12(16-19-14)13(17)10-7-5-4-6-8-10/h4-8H,2-3,9H2,1H3. The second-order valence-corrected chi connectivity index (χ2v) is 6.54. The maximum atomic E-state index is 12.3. The molecule has 0 spiro atoms.